The molecular formula is C29H27Cl2FN2O3. The standard InChI is InChI=1S/C29H27Cl2FN2O3/c30-23-8-6-21(28(35)33-17-18-10-13-37-14-11-18)16-22(23)19-7-9-26-20(15-19)3-2-12-34(26)29(36)27-24(31)4-1-5-25(27)32/h1,4-9,15-16,18H,2-3,10-14,17H2,(H,33,35). The second-order valence-corrected chi connectivity index (χ2v) is 10.3. The van der Waals surface area contributed by atoms with E-state index in [1.165, 1.54) is 18.2 Å². The van der Waals surface area contributed by atoms with E-state index in [2.05, 4.69) is 5.32 Å². The highest BCUT2D eigenvalue weighted by Crippen LogP contribution is 2.36. The lowest BCUT2D eigenvalue weighted by atomic mass is 9.94. The minimum atomic E-state index is -0.639. The molecule has 2 amide bonds. The molecule has 0 unspecified atom stereocenters. The van der Waals surface area contributed by atoms with Crippen LogP contribution >= 0.6 is 23.2 Å². The highest BCUT2D eigenvalue weighted by Gasteiger charge is 2.27. The van der Waals surface area contributed by atoms with Crippen LogP contribution in [0.25, 0.3) is 11.1 Å². The lowest BCUT2D eigenvalue weighted by Gasteiger charge is -2.30. The third-order valence-corrected chi connectivity index (χ3v) is 7.70. The molecule has 5 nitrogen and oxygen atoms in total. The maximum absolute atomic E-state index is 14.4. The fourth-order valence-corrected chi connectivity index (χ4v) is 5.46. The first-order valence-electron chi connectivity index (χ1n) is 12.5. The quantitative estimate of drug-likeness (QED) is 0.399. The van der Waals surface area contributed by atoms with E-state index in [4.69, 9.17) is 27.9 Å². The Balaban J connectivity index is 1.39. The molecule has 3 aromatic carbocycles. The Bertz CT molecular complexity index is 1320. The number of carbonyl (C=O) groups excluding carboxylic acids is 2. The van der Waals surface area contributed by atoms with E-state index in [1.807, 2.05) is 18.2 Å². The molecule has 0 bridgehead atoms. The number of nitrogens with one attached hydrogen (secondary N) is 1. The summed E-state index contributed by atoms with van der Waals surface area (Å²) in [5.41, 5.74) is 3.68. The Labute approximate surface area is 225 Å². The Hall–Kier alpha value is -2.93. The Morgan fingerprint density at radius 3 is 2.62 bits per heavy atom. The lowest BCUT2D eigenvalue weighted by Crippen LogP contribution is -2.36. The number of ether oxygens (including phenoxy) is 1. The maximum Gasteiger partial charge on any atom is 0.262 e. The summed E-state index contributed by atoms with van der Waals surface area (Å²) in [5.74, 6) is -0.811. The van der Waals surface area contributed by atoms with Crippen molar-refractivity contribution >= 4 is 40.7 Å². The first-order chi connectivity index (χ1) is 17.9. The first kappa shape index (κ1) is 25.7. The minimum absolute atomic E-state index is 0.0902. The van der Waals surface area contributed by atoms with Crippen molar-refractivity contribution in [3.8, 4) is 11.1 Å². The van der Waals surface area contributed by atoms with E-state index < -0.39 is 11.7 Å². The fourth-order valence-electron chi connectivity index (χ4n) is 4.99. The fraction of sp³-hybridized carbons (Fsp3) is 0.310. The molecule has 37 heavy (non-hydrogen) atoms. The van der Waals surface area contributed by atoms with Gasteiger partial charge in [-0.05, 0) is 85.2 Å². The van der Waals surface area contributed by atoms with E-state index in [-0.39, 0.29) is 16.5 Å². The van der Waals surface area contributed by atoms with Crippen LogP contribution in [0.3, 0.4) is 0 Å². The minimum Gasteiger partial charge on any atom is -0.381 e. The smallest absolute Gasteiger partial charge is 0.262 e. The first-order valence-corrected chi connectivity index (χ1v) is 13.2. The third kappa shape index (κ3) is 5.52. The zero-order valence-corrected chi connectivity index (χ0v) is 21.7. The van der Waals surface area contributed by atoms with Gasteiger partial charge < -0.3 is 15.0 Å². The number of halogens is 3. The monoisotopic (exact) mass is 540 g/mol. The van der Waals surface area contributed by atoms with Gasteiger partial charge in [-0.15, -0.1) is 0 Å². The number of hydrogen-bond acceptors (Lipinski definition) is 3. The second kappa shape index (κ2) is 11.2. The topological polar surface area (TPSA) is 58.6 Å². The summed E-state index contributed by atoms with van der Waals surface area (Å²) >= 11 is 12.7. The summed E-state index contributed by atoms with van der Waals surface area (Å²) < 4.78 is 19.8. The summed E-state index contributed by atoms with van der Waals surface area (Å²) in [6, 6.07) is 15.2. The highest BCUT2D eigenvalue weighted by atomic mass is 35.5. The van der Waals surface area contributed by atoms with E-state index in [1.54, 1.807) is 23.1 Å². The molecule has 0 saturated carbocycles. The summed E-state index contributed by atoms with van der Waals surface area (Å²) in [7, 11) is 0. The Morgan fingerprint density at radius 2 is 1.84 bits per heavy atom. The van der Waals surface area contributed by atoms with Crippen molar-refractivity contribution in [2.24, 2.45) is 5.92 Å². The van der Waals surface area contributed by atoms with Crippen molar-refractivity contribution in [2.75, 3.05) is 31.2 Å². The predicted octanol–water partition coefficient (Wildman–Crippen LogP) is 6.55. The summed E-state index contributed by atoms with van der Waals surface area (Å²) in [6.45, 7) is 2.56. The zero-order valence-electron chi connectivity index (χ0n) is 20.2. The SMILES string of the molecule is O=C(NCC1CCOCC1)c1ccc(Cl)c(-c2ccc3c(c2)CCCN3C(=O)c2c(F)cccc2Cl)c1. The van der Waals surface area contributed by atoms with Crippen LogP contribution in [0.4, 0.5) is 10.1 Å². The van der Waals surface area contributed by atoms with Crippen molar-refractivity contribution in [3.63, 3.8) is 0 Å². The number of benzene rings is 3. The van der Waals surface area contributed by atoms with Crippen molar-refractivity contribution < 1.29 is 18.7 Å². The molecule has 2 aliphatic rings. The molecule has 0 atom stereocenters. The molecule has 8 heteroatoms. The number of fused-ring (bicyclic) bond motifs is 1. The van der Waals surface area contributed by atoms with Gasteiger partial charge in [0, 0.05) is 48.1 Å². The third-order valence-electron chi connectivity index (χ3n) is 7.05. The molecule has 0 aliphatic carbocycles. The van der Waals surface area contributed by atoms with Crippen LogP contribution in [0.15, 0.2) is 54.6 Å². The maximum atomic E-state index is 14.4. The molecule has 192 valence electrons. The number of amides is 2. The molecule has 5 rings (SSSR count). The van der Waals surface area contributed by atoms with Crippen LogP contribution in [0.5, 0.6) is 0 Å². The average Bonchev–Trinajstić information content (AvgIpc) is 2.91. The molecule has 1 fully saturated rings. The molecule has 1 saturated heterocycles. The van der Waals surface area contributed by atoms with Crippen LogP contribution < -0.4 is 10.2 Å². The number of aryl methyl sites for hydroxylation is 1. The van der Waals surface area contributed by atoms with Gasteiger partial charge in [-0.25, -0.2) is 4.39 Å². The Morgan fingerprint density at radius 1 is 1.03 bits per heavy atom. The highest BCUT2D eigenvalue weighted by molar-refractivity contribution is 6.34. The molecular weight excluding hydrogens is 514 g/mol. The number of rotatable bonds is 5. The van der Waals surface area contributed by atoms with E-state index in [0.717, 1.165) is 61.3 Å². The number of anilines is 1. The van der Waals surface area contributed by atoms with Crippen molar-refractivity contribution in [1.29, 1.82) is 0 Å². The summed E-state index contributed by atoms with van der Waals surface area (Å²) in [6.07, 6.45) is 3.39. The summed E-state index contributed by atoms with van der Waals surface area (Å²) in [4.78, 5) is 27.7. The average molecular weight is 541 g/mol. The Kier molecular flexibility index (Phi) is 7.79. The van der Waals surface area contributed by atoms with Gasteiger partial charge in [0.05, 0.1) is 10.6 Å². The molecule has 2 aliphatic heterocycles. The normalized spacial score (nSPS) is 15.8. The van der Waals surface area contributed by atoms with Gasteiger partial charge in [0.1, 0.15) is 5.82 Å². The molecule has 0 radical (unpaired) electrons. The molecule has 0 spiro atoms. The van der Waals surface area contributed by atoms with Gasteiger partial charge in [-0.1, -0.05) is 35.3 Å². The van der Waals surface area contributed by atoms with E-state index >= 15 is 0 Å². The van der Waals surface area contributed by atoms with Gasteiger partial charge in [0.2, 0.25) is 0 Å². The van der Waals surface area contributed by atoms with Gasteiger partial charge in [-0.2, -0.15) is 0 Å². The largest absolute Gasteiger partial charge is 0.381 e. The number of carbonyl (C=O) groups is 2. The van der Waals surface area contributed by atoms with Gasteiger partial charge in [0.15, 0.2) is 0 Å². The van der Waals surface area contributed by atoms with Crippen LogP contribution in [0.1, 0.15) is 45.5 Å². The van der Waals surface area contributed by atoms with Crippen molar-refractivity contribution in [3.05, 3.63) is 87.2 Å². The zero-order chi connectivity index (χ0) is 25.9. The molecule has 3 aromatic rings. The van der Waals surface area contributed by atoms with Crippen LogP contribution in [0.2, 0.25) is 10.0 Å². The van der Waals surface area contributed by atoms with E-state index in [0.29, 0.717) is 29.6 Å². The van der Waals surface area contributed by atoms with Crippen molar-refractivity contribution in [2.45, 2.75) is 25.7 Å². The van der Waals surface area contributed by atoms with Crippen LogP contribution in [-0.2, 0) is 11.2 Å². The summed E-state index contributed by atoms with van der Waals surface area (Å²) in [5, 5.41) is 3.66. The van der Waals surface area contributed by atoms with Crippen LogP contribution in [-0.4, -0.2) is 38.1 Å². The molecule has 1 N–H and O–H groups in total. The second-order valence-electron chi connectivity index (χ2n) is 9.46. The number of nitrogens with zero attached hydrogens (tertiary/aromatic N) is 1. The van der Waals surface area contributed by atoms with E-state index in [9.17, 15) is 14.0 Å². The van der Waals surface area contributed by atoms with Gasteiger partial charge >= 0.3 is 0 Å². The van der Waals surface area contributed by atoms with Gasteiger partial charge in [0.25, 0.3) is 11.8 Å². The molecule has 0 aromatic heterocycles. The van der Waals surface area contributed by atoms with Gasteiger partial charge in [-0.3, -0.25) is 9.59 Å². The molecule has 2 heterocycles. The van der Waals surface area contributed by atoms with Crippen molar-refractivity contribution in [1.82, 2.24) is 5.32 Å². The predicted molar refractivity (Wildman–Crippen MR) is 144 cm³/mol. The number of hydrogen-bond donors (Lipinski definition) is 1. The van der Waals surface area contributed by atoms with Crippen LogP contribution in [0, 0.1) is 11.7 Å². The lowest BCUT2D eigenvalue weighted by molar-refractivity contribution is 0.0642.